The highest BCUT2D eigenvalue weighted by Gasteiger charge is 2.41. The number of fused-ring (bicyclic) bond motifs is 2. The normalized spacial score (nSPS) is 33.0. The van der Waals surface area contributed by atoms with Gasteiger partial charge in [0, 0.05) is 44.3 Å². The van der Waals surface area contributed by atoms with Gasteiger partial charge in [-0.25, -0.2) is 0 Å². The van der Waals surface area contributed by atoms with Crippen LogP contribution in [0.15, 0.2) is 18.3 Å². The molecule has 136 valence electrons. The summed E-state index contributed by atoms with van der Waals surface area (Å²) in [6, 6.07) is 4.24. The summed E-state index contributed by atoms with van der Waals surface area (Å²) in [7, 11) is 0. The minimum Gasteiger partial charge on any atom is -0.353 e. The molecule has 6 heteroatoms. The van der Waals surface area contributed by atoms with Crippen LogP contribution < -0.4 is 10.6 Å². The van der Waals surface area contributed by atoms with Crippen molar-refractivity contribution in [1.82, 2.24) is 15.1 Å². The van der Waals surface area contributed by atoms with Crippen LogP contribution in [0.5, 0.6) is 0 Å². The van der Waals surface area contributed by atoms with E-state index in [0.29, 0.717) is 23.8 Å². The van der Waals surface area contributed by atoms with Crippen LogP contribution in [0, 0.1) is 17.8 Å². The summed E-state index contributed by atoms with van der Waals surface area (Å²) in [6.07, 6.45) is 8.40. The lowest BCUT2D eigenvalue weighted by Crippen LogP contribution is -2.50. The van der Waals surface area contributed by atoms with Crippen molar-refractivity contribution in [1.29, 1.82) is 0 Å². The monoisotopic (exact) mass is 343 g/mol. The van der Waals surface area contributed by atoms with Crippen LogP contribution in [0.25, 0.3) is 0 Å². The van der Waals surface area contributed by atoms with Gasteiger partial charge in [0.2, 0.25) is 5.91 Å². The van der Waals surface area contributed by atoms with E-state index in [1.165, 1.54) is 19.3 Å². The van der Waals surface area contributed by atoms with Gasteiger partial charge in [-0.15, -0.1) is 5.10 Å². The first kappa shape index (κ1) is 16.8. The molecule has 3 aliphatic rings. The van der Waals surface area contributed by atoms with Gasteiger partial charge >= 0.3 is 0 Å². The fraction of sp³-hybridized carbons (Fsp3) is 0.737. The van der Waals surface area contributed by atoms with Gasteiger partial charge in [0.15, 0.2) is 5.82 Å². The van der Waals surface area contributed by atoms with Crippen LogP contribution >= 0.6 is 0 Å². The van der Waals surface area contributed by atoms with Crippen molar-refractivity contribution in [2.24, 2.45) is 23.5 Å². The highest BCUT2D eigenvalue weighted by molar-refractivity contribution is 5.79. The first-order valence-corrected chi connectivity index (χ1v) is 9.79. The Labute approximate surface area is 149 Å². The Morgan fingerprint density at radius 2 is 1.88 bits per heavy atom. The van der Waals surface area contributed by atoms with E-state index in [4.69, 9.17) is 5.73 Å². The number of amides is 1. The number of rotatable bonds is 2. The Kier molecular flexibility index (Phi) is 4.88. The fourth-order valence-electron chi connectivity index (χ4n) is 5.08. The number of hydrogen-bond donors (Lipinski definition) is 1. The van der Waals surface area contributed by atoms with Crippen molar-refractivity contribution in [3.8, 4) is 0 Å². The van der Waals surface area contributed by atoms with Crippen molar-refractivity contribution in [2.45, 2.75) is 44.6 Å². The standard InChI is InChI=1S/C19H29N5O/c20-18-14-4-1-5-15(18)13-16(12-14)19(25)24-9-3-8-23(10-11-24)17-6-2-7-21-22-17/h2,6-7,14-16,18H,1,3-5,8-13,20H2. The molecule has 3 fully saturated rings. The highest BCUT2D eigenvalue weighted by atomic mass is 16.2. The van der Waals surface area contributed by atoms with E-state index in [-0.39, 0.29) is 5.92 Å². The third-order valence-corrected chi connectivity index (χ3v) is 6.45. The third-order valence-electron chi connectivity index (χ3n) is 6.45. The van der Waals surface area contributed by atoms with Crippen LogP contribution in [-0.4, -0.2) is 53.2 Å². The molecule has 2 saturated carbocycles. The van der Waals surface area contributed by atoms with Gasteiger partial charge in [0.05, 0.1) is 0 Å². The molecule has 2 heterocycles. The lowest BCUT2D eigenvalue weighted by atomic mass is 9.65. The predicted octanol–water partition coefficient (Wildman–Crippen LogP) is 1.67. The molecule has 2 N–H and O–H groups in total. The number of nitrogens with zero attached hydrogens (tertiary/aromatic N) is 4. The molecular formula is C19H29N5O. The molecule has 1 amide bonds. The number of carbonyl (C=O) groups excluding carboxylic acids is 1. The number of anilines is 1. The Hall–Kier alpha value is -1.69. The van der Waals surface area contributed by atoms with Gasteiger partial charge in [-0.3, -0.25) is 4.79 Å². The van der Waals surface area contributed by atoms with E-state index < -0.39 is 0 Å². The molecule has 2 atom stereocenters. The van der Waals surface area contributed by atoms with Crippen LogP contribution in [0.4, 0.5) is 5.82 Å². The smallest absolute Gasteiger partial charge is 0.225 e. The topological polar surface area (TPSA) is 75.4 Å². The van der Waals surface area contributed by atoms with E-state index in [0.717, 1.165) is 51.3 Å². The minimum atomic E-state index is 0.193. The lowest BCUT2D eigenvalue weighted by molar-refractivity contribution is -0.138. The number of aromatic nitrogens is 2. The molecule has 2 aliphatic carbocycles. The second-order valence-corrected chi connectivity index (χ2v) is 7.94. The van der Waals surface area contributed by atoms with E-state index in [1.807, 2.05) is 12.1 Å². The zero-order valence-corrected chi connectivity index (χ0v) is 14.9. The molecule has 25 heavy (non-hydrogen) atoms. The predicted molar refractivity (Wildman–Crippen MR) is 97.0 cm³/mol. The van der Waals surface area contributed by atoms with Crippen LogP contribution in [-0.2, 0) is 4.79 Å². The number of nitrogens with two attached hydrogens (primary N) is 1. The first-order chi connectivity index (χ1) is 12.2. The molecule has 0 aromatic carbocycles. The van der Waals surface area contributed by atoms with Gasteiger partial charge in [-0.05, 0) is 56.1 Å². The molecule has 1 saturated heterocycles. The number of hydrogen-bond acceptors (Lipinski definition) is 5. The van der Waals surface area contributed by atoms with Crippen molar-refractivity contribution < 1.29 is 4.79 Å². The van der Waals surface area contributed by atoms with Gasteiger partial charge in [0.1, 0.15) is 0 Å². The Morgan fingerprint density at radius 3 is 2.60 bits per heavy atom. The summed E-state index contributed by atoms with van der Waals surface area (Å²) in [5.41, 5.74) is 6.39. The van der Waals surface area contributed by atoms with E-state index in [9.17, 15) is 4.79 Å². The van der Waals surface area contributed by atoms with Crippen molar-refractivity contribution >= 4 is 11.7 Å². The summed E-state index contributed by atoms with van der Waals surface area (Å²) in [6.45, 7) is 3.41. The zero-order valence-electron chi connectivity index (χ0n) is 14.9. The van der Waals surface area contributed by atoms with Crippen LogP contribution in [0.1, 0.15) is 38.5 Å². The summed E-state index contributed by atoms with van der Waals surface area (Å²) in [5, 5.41) is 8.18. The average Bonchev–Trinajstić information content (AvgIpc) is 2.88. The largest absolute Gasteiger partial charge is 0.353 e. The summed E-state index contributed by atoms with van der Waals surface area (Å²) in [5.74, 6) is 2.59. The Morgan fingerprint density at radius 1 is 1.08 bits per heavy atom. The second-order valence-electron chi connectivity index (χ2n) is 7.94. The maximum Gasteiger partial charge on any atom is 0.225 e. The van der Waals surface area contributed by atoms with Crippen LogP contribution in [0.3, 0.4) is 0 Å². The molecular weight excluding hydrogens is 314 g/mol. The van der Waals surface area contributed by atoms with Gasteiger partial charge in [-0.1, -0.05) is 6.42 Å². The molecule has 2 unspecified atom stereocenters. The summed E-state index contributed by atoms with van der Waals surface area (Å²) in [4.78, 5) is 17.5. The number of carbonyl (C=O) groups is 1. The minimum absolute atomic E-state index is 0.193. The highest BCUT2D eigenvalue weighted by Crippen LogP contribution is 2.42. The third kappa shape index (κ3) is 3.50. The molecule has 0 radical (unpaired) electrons. The Bertz CT molecular complexity index is 581. The average molecular weight is 343 g/mol. The van der Waals surface area contributed by atoms with Gasteiger partial charge in [-0.2, -0.15) is 5.10 Å². The van der Waals surface area contributed by atoms with E-state index in [2.05, 4.69) is 20.0 Å². The molecule has 1 aliphatic heterocycles. The molecule has 0 spiro atoms. The quantitative estimate of drug-likeness (QED) is 0.884. The zero-order chi connectivity index (χ0) is 17.2. The summed E-state index contributed by atoms with van der Waals surface area (Å²) >= 11 is 0. The fourth-order valence-corrected chi connectivity index (χ4v) is 5.08. The van der Waals surface area contributed by atoms with Gasteiger partial charge in [0.25, 0.3) is 0 Å². The maximum absolute atomic E-state index is 13.1. The summed E-state index contributed by atoms with van der Waals surface area (Å²) < 4.78 is 0. The van der Waals surface area contributed by atoms with Crippen molar-refractivity contribution in [3.63, 3.8) is 0 Å². The maximum atomic E-state index is 13.1. The van der Waals surface area contributed by atoms with Crippen molar-refractivity contribution in [2.75, 3.05) is 31.1 Å². The molecule has 4 rings (SSSR count). The lowest BCUT2D eigenvalue weighted by Gasteiger charge is -2.44. The van der Waals surface area contributed by atoms with Crippen LogP contribution in [0.2, 0.25) is 0 Å². The SMILES string of the molecule is NC1C2CCCC1CC(C(=O)N1CCCN(c3cccnn3)CC1)C2. The molecule has 2 bridgehead atoms. The second kappa shape index (κ2) is 7.28. The van der Waals surface area contributed by atoms with Gasteiger partial charge < -0.3 is 15.5 Å². The van der Waals surface area contributed by atoms with E-state index in [1.54, 1.807) is 6.20 Å². The molecule has 6 nitrogen and oxygen atoms in total. The first-order valence-electron chi connectivity index (χ1n) is 9.79. The molecule has 1 aromatic rings. The molecule has 1 aromatic heterocycles. The van der Waals surface area contributed by atoms with E-state index >= 15 is 0 Å². The van der Waals surface area contributed by atoms with Crippen molar-refractivity contribution in [3.05, 3.63) is 18.3 Å². The Balaban J connectivity index is 1.38.